The summed E-state index contributed by atoms with van der Waals surface area (Å²) in [7, 11) is 1.60. The van der Waals surface area contributed by atoms with Gasteiger partial charge in [-0.2, -0.15) is 5.10 Å². The van der Waals surface area contributed by atoms with Gasteiger partial charge in [0.25, 0.3) is 0 Å². The number of benzene rings is 1. The predicted molar refractivity (Wildman–Crippen MR) is 63.6 cm³/mol. The van der Waals surface area contributed by atoms with Crippen molar-refractivity contribution in [2.24, 2.45) is 10.9 Å². The number of rotatable bonds is 4. The molecule has 2 N–H and O–H groups in total. The average molecular weight is 273 g/mol. The molecule has 0 amide bonds. The molecular formula is C10H13BrN2O2. The van der Waals surface area contributed by atoms with Crippen molar-refractivity contribution in [2.45, 2.75) is 6.92 Å². The van der Waals surface area contributed by atoms with Gasteiger partial charge in [0.1, 0.15) is 0 Å². The molecule has 0 spiro atoms. The first kappa shape index (κ1) is 11.8. The van der Waals surface area contributed by atoms with Crippen LogP contribution >= 0.6 is 15.9 Å². The average Bonchev–Trinajstić information content (AvgIpc) is 2.23. The first-order valence-corrected chi connectivity index (χ1v) is 5.25. The topological polar surface area (TPSA) is 56.8 Å². The third kappa shape index (κ3) is 2.86. The molecule has 0 aliphatic carbocycles. The van der Waals surface area contributed by atoms with E-state index in [9.17, 15) is 0 Å². The SMILES string of the molecule is CCOc1cc(C=NN)c(Br)cc1OC. The van der Waals surface area contributed by atoms with Crippen LogP contribution in [0.1, 0.15) is 12.5 Å². The van der Waals surface area contributed by atoms with Crippen molar-refractivity contribution in [3.8, 4) is 11.5 Å². The van der Waals surface area contributed by atoms with Crippen molar-refractivity contribution in [1.82, 2.24) is 0 Å². The van der Waals surface area contributed by atoms with Crippen LogP contribution in [0.15, 0.2) is 21.7 Å². The largest absolute Gasteiger partial charge is 0.493 e. The molecule has 1 aromatic rings. The standard InChI is InChI=1S/C10H13BrN2O2/c1-3-15-10-4-7(6-13-12)8(11)5-9(10)14-2/h4-6H,3,12H2,1-2H3. The van der Waals surface area contributed by atoms with E-state index in [2.05, 4.69) is 21.0 Å². The second-order valence-electron chi connectivity index (χ2n) is 2.74. The van der Waals surface area contributed by atoms with E-state index in [-0.39, 0.29) is 0 Å². The molecule has 82 valence electrons. The smallest absolute Gasteiger partial charge is 0.161 e. The van der Waals surface area contributed by atoms with Crippen LogP contribution in [0.3, 0.4) is 0 Å². The lowest BCUT2D eigenvalue weighted by Crippen LogP contribution is -1.98. The van der Waals surface area contributed by atoms with E-state index in [1.807, 2.05) is 19.1 Å². The third-order valence-corrected chi connectivity index (χ3v) is 2.48. The summed E-state index contributed by atoms with van der Waals surface area (Å²) < 4.78 is 11.5. The highest BCUT2D eigenvalue weighted by Gasteiger charge is 2.08. The predicted octanol–water partition coefficient (Wildman–Crippen LogP) is 2.15. The third-order valence-electron chi connectivity index (χ3n) is 1.80. The summed E-state index contributed by atoms with van der Waals surface area (Å²) in [6.45, 7) is 2.50. The minimum absolute atomic E-state index is 0.581. The number of hydrazone groups is 1. The highest BCUT2D eigenvalue weighted by Crippen LogP contribution is 2.32. The minimum atomic E-state index is 0.581. The second kappa shape index (κ2) is 5.60. The Labute approximate surface area is 97.2 Å². The van der Waals surface area contributed by atoms with Crippen molar-refractivity contribution in [3.63, 3.8) is 0 Å². The van der Waals surface area contributed by atoms with Crippen molar-refractivity contribution in [2.75, 3.05) is 13.7 Å². The normalized spacial score (nSPS) is 10.6. The van der Waals surface area contributed by atoms with Crippen LogP contribution in [0.5, 0.6) is 11.5 Å². The molecule has 0 atom stereocenters. The van der Waals surface area contributed by atoms with Crippen LogP contribution < -0.4 is 15.3 Å². The Hall–Kier alpha value is -1.23. The zero-order valence-corrected chi connectivity index (χ0v) is 10.2. The van der Waals surface area contributed by atoms with E-state index in [1.165, 1.54) is 0 Å². The Morgan fingerprint density at radius 3 is 2.73 bits per heavy atom. The van der Waals surface area contributed by atoms with Gasteiger partial charge in [-0.25, -0.2) is 0 Å². The lowest BCUT2D eigenvalue weighted by Gasteiger charge is -2.10. The number of hydrogen-bond donors (Lipinski definition) is 1. The molecule has 0 fully saturated rings. The highest BCUT2D eigenvalue weighted by molar-refractivity contribution is 9.10. The first-order valence-electron chi connectivity index (χ1n) is 4.46. The van der Waals surface area contributed by atoms with Crippen molar-refractivity contribution in [1.29, 1.82) is 0 Å². The summed E-state index contributed by atoms with van der Waals surface area (Å²) in [4.78, 5) is 0. The molecule has 0 aliphatic heterocycles. The fourth-order valence-electron chi connectivity index (χ4n) is 1.16. The van der Waals surface area contributed by atoms with E-state index in [0.29, 0.717) is 18.1 Å². The molecule has 0 bridgehead atoms. The Kier molecular flexibility index (Phi) is 4.42. The van der Waals surface area contributed by atoms with E-state index in [1.54, 1.807) is 13.3 Å². The number of nitrogens with zero attached hydrogens (tertiary/aromatic N) is 1. The number of halogens is 1. The number of methoxy groups -OCH3 is 1. The van der Waals surface area contributed by atoms with Gasteiger partial charge in [0, 0.05) is 10.0 Å². The van der Waals surface area contributed by atoms with Crippen LogP contribution in [-0.2, 0) is 0 Å². The fraction of sp³-hybridized carbons (Fsp3) is 0.300. The van der Waals surface area contributed by atoms with Crippen LogP contribution in [0.4, 0.5) is 0 Å². The summed E-state index contributed by atoms with van der Waals surface area (Å²) in [5, 5.41) is 3.47. The lowest BCUT2D eigenvalue weighted by atomic mass is 10.2. The second-order valence-corrected chi connectivity index (χ2v) is 3.59. The van der Waals surface area contributed by atoms with Crippen LogP contribution in [-0.4, -0.2) is 19.9 Å². The Bertz CT molecular complexity index is 367. The fourth-order valence-corrected chi connectivity index (χ4v) is 1.58. The van der Waals surface area contributed by atoms with Gasteiger partial charge in [0.15, 0.2) is 11.5 Å². The van der Waals surface area contributed by atoms with E-state index in [0.717, 1.165) is 10.0 Å². The molecule has 15 heavy (non-hydrogen) atoms. The summed E-state index contributed by atoms with van der Waals surface area (Å²) >= 11 is 3.39. The maximum atomic E-state index is 5.42. The van der Waals surface area contributed by atoms with E-state index >= 15 is 0 Å². The molecule has 0 unspecified atom stereocenters. The van der Waals surface area contributed by atoms with Gasteiger partial charge in [0.2, 0.25) is 0 Å². The quantitative estimate of drug-likeness (QED) is 0.519. The number of nitrogens with two attached hydrogens (primary N) is 1. The zero-order chi connectivity index (χ0) is 11.3. The number of ether oxygens (including phenoxy) is 2. The molecule has 0 saturated carbocycles. The summed E-state index contributed by atoms with van der Waals surface area (Å²) in [5.41, 5.74) is 0.849. The van der Waals surface area contributed by atoms with Gasteiger partial charge in [-0.3, -0.25) is 0 Å². The molecule has 0 heterocycles. The van der Waals surface area contributed by atoms with Crippen molar-refractivity contribution in [3.05, 3.63) is 22.2 Å². The molecule has 0 radical (unpaired) electrons. The van der Waals surface area contributed by atoms with Gasteiger partial charge in [-0.05, 0) is 35.0 Å². The molecule has 5 heteroatoms. The summed E-state index contributed by atoms with van der Waals surface area (Å²) in [6.07, 6.45) is 1.55. The van der Waals surface area contributed by atoms with Gasteiger partial charge < -0.3 is 15.3 Å². The number of hydrogen-bond acceptors (Lipinski definition) is 4. The van der Waals surface area contributed by atoms with E-state index < -0.39 is 0 Å². The first-order chi connectivity index (χ1) is 7.22. The van der Waals surface area contributed by atoms with E-state index in [4.69, 9.17) is 15.3 Å². The van der Waals surface area contributed by atoms with Crippen LogP contribution in [0.2, 0.25) is 0 Å². The summed E-state index contributed by atoms with van der Waals surface area (Å²) in [5.74, 6) is 6.46. The maximum absolute atomic E-state index is 5.42. The van der Waals surface area contributed by atoms with Gasteiger partial charge >= 0.3 is 0 Å². The monoisotopic (exact) mass is 272 g/mol. The lowest BCUT2D eigenvalue weighted by molar-refractivity contribution is 0.311. The molecule has 0 saturated heterocycles. The highest BCUT2D eigenvalue weighted by atomic mass is 79.9. The molecule has 0 aromatic heterocycles. The van der Waals surface area contributed by atoms with Crippen LogP contribution in [0.25, 0.3) is 0 Å². The molecule has 0 aliphatic rings. The van der Waals surface area contributed by atoms with Gasteiger partial charge in [-0.1, -0.05) is 0 Å². The zero-order valence-electron chi connectivity index (χ0n) is 8.66. The molecule has 4 nitrogen and oxygen atoms in total. The molecule has 1 aromatic carbocycles. The van der Waals surface area contributed by atoms with Crippen molar-refractivity contribution < 1.29 is 9.47 Å². The van der Waals surface area contributed by atoms with Crippen LogP contribution in [0, 0.1) is 0 Å². The Balaban J connectivity index is 3.17. The molecular weight excluding hydrogens is 260 g/mol. The summed E-state index contributed by atoms with van der Waals surface area (Å²) in [6, 6.07) is 3.64. The van der Waals surface area contributed by atoms with Gasteiger partial charge in [-0.15, -0.1) is 0 Å². The maximum Gasteiger partial charge on any atom is 0.161 e. The minimum Gasteiger partial charge on any atom is -0.493 e. The molecule has 1 rings (SSSR count). The Morgan fingerprint density at radius 2 is 2.20 bits per heavy atom. The van der Waals surface area contributed by atoms with Gasteiger partial charge in [0.05, 0.1) is 19.9 Å². The van der Waals surface area contributed by atoms with Crippen molar-refractivity contribution >= 4 is 22.1 Å². The Morgan fingerprint density at radius 1 is 1.47 bits per heavy atom.